The summed E-state index contributed by atoms with van der Waals surface area (Å²) in [6.07, 6.45) is 16.8. The van der Waals surface area contributed by atoms with Gasteiger partial charge in [-0.05, 0) is 38.0 Å². The molecule has 2 aromatic rings. The van der Waals surface area contributed by atoms with E-state index in [-0.39, 0.29) is 42.5 Å². The van der Waals surface area contributed by atoms with Crippen molar-refractivity contribution in [2.24, 2.45) is 17.6 Å². The van der Waals surface area contributed by atoms with Crippen LogP contribution in [0.3, 0.4) is 0 Å². The van der Waals surface area contributed by atoms with Crippen molar-refractivity contribution < 1.29 is 19.1 Å². The number of hydrogen-bond donors (Lipinski definition) is 3. The predicted molar refractivity (Wildman–Crippen MR) is 156 cm³/mol. The molecular formula is C29H48N6O5. The number of aromatic amines is 1. The number of nitrogen functional groups attached to an aromatic ring is 1. The topological polar surface area (TPSA) is 168 Å². The van der Waals surface area contributed by atoms with Crippen molar-refractivity contribution in [1.82, 2.24) is 19.5 Å². The minimum atomic E-state index is -0.699. The molecule has 5 N–H and O–H groups in total. The zero-order chi connectivity index (χ0) is 29.3. The number of nitrogens with one attached hydrogen (secondary N) is 1. The first kappa shape index (κ1) is 33.0. The number of imidazole rings is 1. The van der Waals surface area contributed by atoms with Crippen molar-refractivity contribution in [2.45, 2.75) is 104 Å². The summed E-state index contributed by atoms with van der Waals surface area (Å²) in [5.41, 5.74) is 11.7. The van der Waals surface area contributed by atoms with Gasteiger partial charge in [0.1, 0.15) is 6.04 Å². The highest BCUT2D eigenvalue weighted by Gasteiger charge is 2.21. The molecule has 11 heteroatoms. The second-order valence-electron chi connectivity index (χ2n) is 10.7. The third-order valence-electron chi connectivity index (χ3n) is 6.83. The quantitative estimate of drug-likeness (QED) is 0.122. The molecule has 1 unspecified atom stereocenters. The third kappa shape index (κ3) is 11.9. The zero-order valence-electron chi connectivity index (χ0n) is 24.4. The molecule has 0 saturated heterocycles. The molecule has 11 nitrogen and oxygen atoms in total. The first-order valence-corrected chi connectivity index (χ1v) is 14.7. The van der Waals surface area contributed by atoms with Gasteiger partial charge in [0.15, 0.2) is 11.2 Å². The number of esters is 2. The van der Waals surface area contributed by atoms with Crippen LogP contribution < -0.4 is 17.0 Å². The molecule has 0 aromatic carbocycles. The Hall–Kier alpha value is -3.21. The molecule has 0 fully saturated rings. The normalized spacial score (nSPS) is 13.2. The standard InChI is InChI=1S/C29H48N6O5/c1-4-5-6-7-8-9-10-11-12-13-14-15-23(36)40-19-22(16-17-39-28(38)24(30)21(2)3)18-35-20-32-25-26(35)33-29(31)34-27(25)37/h7-8,20-22,24H,4-6,9-19,30H2,1-3H3,(H3,31,33,34,37)/b8-7+/t22?,24-/m0/s1. The van der Waals surface area contributed by atoms with Crippen LogP contribution in [0.1, 0.15) is 91.4 Å². The van der Waals surface area contributed by atoms with Gasteiger partial charge in [0.25, 0.3) is 5.56 Å². The van der Waals surface area contributed by atoms with Crippen LogP contribution in [0.5, 0.6) is 0 Å². The van der Waals surface area contributed by atoms with E-state index in [4.69, 9.17) is 20.9 Å². The molecule has 0 saturated carbocycles. The number of carbonyl (C=O) groups excluding carboxylic acids is 2. The molecule has 224 valence electrons. The van der Waals surface area contributed by atoms with Gasteiger partial charge in [0.2, 0.25) is 5.95 Å². The zero-order valence-corrected chi connectivity index (χ0v) is 24.4. The number of rotatable bonds is 20. The van der Waals surface area contributed by atoms with Crippen LogP contribution in [0.15, 0.2) is 23.3 Å². The number of unbranched alkanes of at least 4 members (excludes halogenated alkanes) is 7. The number of aromatic nitrogens is 4. The highest BCUT2D eigenvalue weighted by Crippen LogP contribution is 2.15. The highest BCUT2D eigenvalue weighted by atomic mass is 16.5. The Morgan fingerprint density at radius 1 is 1.07 bits per heavy atom. The summed E-state index contributed by atoms with van der Waals surface area (Å²) >= 11 is 0. The Kier molecular flexibility index (Phi) is 15.0. The minimum Gasteiger partial charge on any atom is -0.465 e. The molecular weight excluding hydrogens is 512 g/mol. The lowest BCUT2D eigenvalue weighted by molar-refractivity contribution is -0.149. The van der Waals surface area contributed by atoms with Gasteiger partial charge in [0, 0.05) is 18.9 Å². The Bertz CT molecular complexity index is 1130. The van der Waals surface area contributed by atoms with E-state index in [0.717, 1.165) is 32.1 Å². The van der Waals surface area contributed by atoms with Gasteiger partial charge in [-0.2, -0.15) is 4.98 Å². The SMILES string of the molecule is CCCC/C=C/CCCCCCCC(=O)OCC(CCOC(=O)[C@@H](N)C(C)C)Cn1cnc2c(=O)[nH]c(N)nc21. The molecule has 0 aliphatic heterocycles. The summed E-state index contributed by atoms with van der Waals surface area (Å²) in [5.74, 6) is -0.979. The van der Waals surface area contributed by atoms with Crippen molar-refractivity contribution in [2.75, 3.05) is 18.9 Å². The number of fused-ring (bicyclic) bond motifs is 1. The van der Waals surface area contributed by atoms with E-state index in [9.17, 15) is 14.4 Å². The van der Waals surface area contributed by atoms with Crippen LogP contribution in [0.25, 0.3) is 11.2 Å². The smallest absolute Gasteiger partial charge is 0.323 e. The van der Waals surface area contributed by atoms with Gasteiger partial charge in [-0.1, -0.05) is 65.0 Å². The molecule has 2 heterocycles. The van der Waals surface area contributed by atoms with Gasteiger partial charge < -0.3 is 25.5 Å². The van der Waals surface area contributed by atoms with E-state index in [1.807, 2.05) is 13.8 Å². The molecule has 2 aromatic heterocycles. The summed E-state index contributed by atoms with van der Waals surface area (Å²) in [7, 11) is 0. The van der Waals surface area contributed by atoms with Crippen LogP contribution in [0.4, 0.5) is 5.95 Å². The average Bonchev–Trinajstić information content (AvgIpc) is 3.32. The molecule has 0 aliphatic rings. The summed E-state index contributed by atoms with van der Waals surface area (Å²) < 4.78 is 12.6. The molecule has 0 aliphatic carbocycles. The van der Waals surface area contributed by atoms with Gasteiger partial charge in [0.05, 0.1) is 19.5 Å². The lowest BCUT2D eigenvalue weighted by Gasteiger charge is -2.19. The average molecular weight is 561 g/mol. The first-order valence-electron chi connectivity index (χ1n) is 14.7. The molecule has 40 heavy (non-hydrogen) atoms. The summed E-state index contributed by atoms with van der Waals surface area (Å²) in [5, 5.41) is 0. The number of H-pyrrole nitrogens is 1. The second-order valence-corrected chi connectivity index (χ2v) is 10.7. The van der Waals surface area contributed by atoms with Gasteiger partial charge in [-0.3, -0.25) is 19.4 Å². The number of allylic oxidation sites excluding steroid dienone is 2. The Morgan fingerprint density at radius 3 is 2.50 bits per heavy atom. The van der Waals surface area contributed by atoms with Crippen LogP contribution in [-0.2, 0) is 25.6 Å². The predicted octanol–water partition coefficient (Wildman–Crippen LogP) is 4.25. The molecule has 2 rings (SSSR count). The lowest BCUT2D eigenvalue weighted by atomic mass is 10.1. The molecule has 0 spiro atoms. The van der Waals surface area contributed by atoms with E-state index >= 15 is 0 Å². The number of nitrogens with zero attached hydrogens (tertiary/aromatic N) is 3. The maximum atomic E-state index is 12.4. The number of carbonyl (C=O) groups is 2. The van der Waals surface area contributed by atoms with Crippen LogP contribution in [-0.4, -0.2) is 50.7 Å². The monoisotopic (exact) mass is 560 g/mol. The number of ether oxygens (including phenoxy) is 2. The fourth-order valence-electron chi connectivity index (χ4n) is 4.21. The summed E-state index contributed by atoms with van der Waals surface area (Å²) in [6.45, 7) is 6.51. The van der Waals surface area contributed by atoms with Crippen molar-refractivity contribution in [1.29, 1.82) is 0 Å². The lowest BCUT2D eigenvalue weighted by Crippen LogP contribution is -2.37. The van der Waals surface area contributed by atoms with Gasteiger partial charge in [-0.15, -0.1) is 0 Å². The Balaban J connectivity index is 1.82. The Labute approximate surface area is 237 Å². The molecule has 0 radical (unpaired) electrons. The second kappa shape index (κ2) is 18.2. The van der Waals surface area contributed by atoms with Crippen molar-refractivity contribution in [3.05, 3.63) is 28.8 Å². The maximum absolute atomic E-state index is 12.4. The minimum absolute atomic E-state index is 0.0118. The van der Waals surface area contributed by atoms with E-state index in [1.165, 1.54) is 32.0 Å². The summed E-state index contributed by atoms with van der Waals surface area (Å²) in [4.78, 5) is 47.5. The van der Waals surface area contributed by atoms with Crippen molar-refractivity contribution >= 4 is 29.1 Å². The van der Waals surface area contributed by atoms with Crippen LogP contribution >= 0.6 is 0 Å². The van der Waals surface area contributed by atoms with Gasteiger partial charge in [-0.25, -0.2) is 4.98 Å². The summed E-state index contributed by atoms with van der Waals surface area (Å²) in [6, 6.07) is -0.699. The number of anilines is 1. The van der Waals surface area contributed by atoms with E-state index < -0.39 is 17.6 Å². The van der Waals surface area contributed by atoms with Crippen LogP contribution in [0.2, 0.25) is 0 Å². The van der Waals surface area contributed by atoms with Gasteiger partial charge >= 0.3 is 11.9 Å². The fraction of sp³-hybridized carbons (Fsp3) is 0.690. The van der Waals surface area contributed by atoms with E-state index in [1.54, 1.807) is 4.57 Å². The third-order valence-corrected chi connectivity index (χ3v) is 6.83. The fourth-order valence-corrected chi connectivity index (χ4v) is 4.21. The molecule has 2 atom stereocenters. The van der Waals surface area contributed by atoms with E-state index in [0.29, 0.717) is 25.0 Å². The first-order chi connectivity index (χ1) is 19.2. The van der Waals surface area contributed by atoms with Crippen molar-refractivity contribution in [3.63, 3.8) is 0 Å². The largest absolute Gasteiger partial charge is 0.465 e. The number of hydrogen-bond acceptors (Lipinski definition) is 9. The molecule has 0 bridgehead atoms. The van der Waals surface area contributed by atoms with E-state index in [2.05, 4.69) is 34.0 Å². The van der Waals surface area contributed by atoms with Crippen molar-refractivity contribution in [3.8, 4) is 0 Å². The van der Waals surface area contributed by atoms with Crippen LogP contribution in [0, 0.1) is 11.8 Å². The highest BCUT2D eigenvalue weighted by molar-refractivity contribution is 5.75. The maximum Gasteiger partial charge on any atom is 0.323 e. The molecule has 0 amide bonds. The Morgan fingerprint density at radius 2 is 1.77 bits per heavy atom. The number of nitrogens with two attached hydrogens (primary N) is 2.